The Morgan fingerprint density at radius 1 is 1.25 bits per heavy atom. The summed E-state index contributed by atoms with van der Waals surface area (Å²) in [6.07, 6.45) is 0.833. The minimum atomic E-state index is -1.17. The van der Waals surface area contributed by atoms with Gasteiger partial charge in [-0.05, 0) is 6.82 Å². The number of benzene rings is 1. The largest absolute Gasteiger partial charge is 0.448 e. The van der Waals surface area contributed by atoms with Gasteiger partial charge < -0.3 is 10.0 Å². The number of hydrogen-bond acceptors (Lipinski definition) is 3. The third-order valence-corrected chi connectivity index (χ3v) is 0.936. The summed E-state index contributed by atoms with van der Waals surface area (Å²) in [5.41, 5.74) is 0.729. The van der Waals surface area contributed by atoms with Crippen LogP contribution in [0.25, 0.3) is 0 Å². The fourth-order valence-corrected chi connectivity index (χ4v) is 0.532. The molecule has 0 saturated carbocycles. The summed E-state index contributed by atoms with van der Waals surface area (Å²) < 4.78 is 0. The van der Waals surface area contributed by atoms with Gasteiger partial charge in [0.15, 0.2) is 0 Å². The number of aldehydes is 1. The van der Waals surface area contributed by atoms with Crippen molar-refractivity contribution < 1.29 is 14.8 Å². The molecule has 3 nitrogen and oxygen atoms in total. The summed E-state index contributed by atoms with van der Waals surface area (Å²) in [5.74, 6) is 0. The zero-order valence-corrected chi connectivity index (χ0v) is 6.84. The van der Waals surface area contributed by atoms with Gasteiger partial charge in [-0.2, -0.15) is 0 Å². The molecule has 0 amide bonds. The average molecular weight is 166 g/mol. The van der Waals surface area contributed by atoms with Crippen LogP contribution in [0.4, 0.5) is 0 Å². The molecule has 12 heavy (non-hydrogen) atoms. The highest BCUT2D eigenvalue weighted by atomic mass is 16.4. The summed E-state index contributed by atoms with van der Waals surface area (Å²) in [6, 6.07) is 9.10. The van der Waals surface area contributed by atoms with Gasteiger partial charge in [0, 0.05) is 5.56 Å². The first-order valence-corrected chi connectivity index (χ1v) is 3.53. The fraction of sp³-hybridized carbons (Fsp3) is 0.125. The number of hydrogen-bond donors (Lipinski definition) is 2. The highest BCUT2D eigenvalue weighted by Crippen LogP contribution is 1.91. The number of rotatable bonds is 1. The second-order valence-corrected chi connectivity index (χ2v) is 2.16. The second-order valence-electron chi connectivity index (χ2n) is 2.16. The molecular formula is C8H11BO3. The fourth-order valence-electron chi connectivity index (χ4n) is 0.532. The van der Waals surface area contributed by atoms with E-state index in [4.69, 9.17) is 10.0 Å². The van der Waals surface area contributed by atoms with E-state index in [2.05, 4.69) is 0 Å². The Balaban J connectivity index is 0.000000261. The lowest BCUT2D eigenvalue weighted by Crippen LogP contribution is -2.00. The summed E-state index contributed by atoms with van der Waals surface area (Å²) in [4.78, 5) is 10.0. The molecule has 4 heteroatoms. The molecule has 1 aromatic rings. The summed E-state index contributed by atoms with van der Waals surface area (Å²) in [5, 5.41) is 15.2. The van der Waals surface area contributed by atoms with E-state index in [9.17, 15) is 4.79 Å². The third kappa shape index (κ3) is 6.99. The van der Waals surface area contributed by atoms with Gasteiger partial charge in [-0.15, -0.1) is 0 Å². The van der Waals surface area contributed by atoms with Crippen molar-refractivity contribution in [3.63, 3.8) is 0 Å². The van der Waals surface area contributed by atoms with Crippen LogP contribution in [0.3, 0.4) is 0 Å². The first-order valence-electron chi connectivity index (χ1n) is 3.53. The van der Waals surface area contributed by atoms with Crippen molar-refractivity contribution in [3.8, 4) is 0 Å². The summed E-state index contributed by atoms with van der Waals surface area (Å²) in [6.45, 7) is 1.28. The molecule has 0 heterocycles. The Morgan fingerprint density at radius 3 is 1.92 bits per heavy atom. The van der Waals surface area contributed by atoms with Gasteiger partial charge in [-0.25, -0.2) is 0 Å². The molecule has 0 radical (unpaired) electrons. The van der Waals surface area contributed by atoms with Crippen molar-refractivity contribution in [1.29, 1.82) is 0 Å². The number of carbonyl (C=O) groups is 1. The van der Waals surface area contributed by atoms with E-state index < -0.39 is 7.12 Å². The molecule has 2 N–H and O–H groups in total. The van der Waals surface area contributed by atoms with Crippen LogP contribution >= 0.6 is 0 Å². The van der Waals surface area contributed by atoms with Gasteiger partial charge in [0.25, 0.3) is 0 Å². The van der Waals surface area contributed by atoms with Crippen LogP contribution in [0.2, 0.25) is 6.82 Å². The molecule has 0 aliphatic carbocycles. The SMILES string of the molecule is CB(O)O.O=Cc1ccccc1. The van der Waals surface area contributed by atoms with E-state index in [1.165, 1.54) is 6.82 Å². The minimum absolute atomic E-state index is 0.729. The summed E-state index contributed by atoms with van der Waals surface area (Å²) >= 11 is 0. The molecular weight excluding hydrogens is 155 g/mol. The third-order valence-electron chi connectivity index (χ3n) is 0.936. The van der Waals surface area contributed by atoms with Crippen molar-refractivity contribution in [2.45, 2.75) is 6.82 Å². The first-order chi connectivity index (χ1) is 5.66. The Kier molecular flexibility index (Phi) is 5.96. The minimum Gasteiger partial charge on any atom is -0.427 e. The van der Waals surface area contributed by atoms with Gasteiger partial charge in [-0.3, -0.25) is 4.79 Å². The van der Waals surface area contributed by atoms with Crippen molar-refractivity contribution in [3.05, 3.63) is 35.9 Å². The molecule has 0 aromatic heterocycles. The van der Waals surface area contributed by atoms with Gasteiger partial charge in [-0.1, -0.05) is 30.3 Å². The normalized spacial score (nSPS) is 7.92. The maximum Gasteiger partial charge on any atom is 0.448 e. The molecule has 0 spiro atoms. The van der Waals surface area contributed by atoms with E-state index in [-0.39, 0.29) is 0 Å². The van der Waals surface area contributed by atoms with Crippen LogP contribution in [0, 0.1) is 0 Å². The first kappa shape index (κ1) is 10.9. The van der Waals surface area contributed by atoms with Crippen LogP contribution in [0.1, 0.15) is 10.4 Å². The van der Waals surface area contributed by atoms with Crippen LogP contribution in [0.5, 0.6) is 0 Å². The van der Waals surface area contributed by atoms with E-state index in [1.54, 1.807) is 12.1 Å². The predicted octanol–water partition coefficient (Wildman–Crippen LogP) is 0.588. The molecule has 1 rings (SSSR count). The molecule has 0 fully saturated rings. The standard InChI is InChI=1S/C7H6O.CH5BO2/c8-6-7-4-2-1-3-5-7;1-2(3)4/h1-6H;3-4H,1H3. The molecule has 0 saturated heterocycles. The Labute approximate surface area is 71.8 Å². The van der Waals surface area contributed by atoms with Crippen molar-refractivity contribution >= 4 is 13.4 Å². The topological polar surface area (TPSA) is 57.5 Å². The van der Waals surface area contributed by atoms with Gasteiger partial charge >= 0.3 is 7.12 Å². The molecule has 0 bridgehead atoms. The Morgan fingerprint density at radius 2 is 1.67 bits per heavy atom. The maximum absolute atomic E-state index is 10.0. The van der Waals surface area contributed by atoms with E-state index >= 15 is 0 Å². The molecule has 1 aromatic carbocycles. The van der Waals surface area contributed by atoms with Crippen molar-refractivity contribution in [2.75, 3.05) is 0 Å². The zero-order valence-electron chi connectivity index (χ0n) is 6.84. The van der Waals surface area contributed by atoms with Gasteiger partial charge in [0.2, 0.25) is 0 Å². The van der Waals surface area contributed by atoms with Crippen LogP contribution < -0.4 is 0 Å². The van der Waals surface area contributed by atoms with Crippen LogP contribution in [-0.2, 0) is 0 Å². The highest BCUT2D eigenvalue weighted by Gasteiger charge is 1.86. The lowest BCUT2D eigenvalue weighted by molar-refractivity contribution is 0.112. The zero-order chi connectivity index (χ0) is 9.40. The highest BCUT2D eigenvalue weighted by molar-refractivity contribution is 6.38. The lowest BCUT2D eigenvalue weighted by atomic mass is 9.99. The molecule has 0 aliphatic rings. The molecule has 0 unspecified atom stereocenters. The second kappa shape index (κ2) is 6.58. The molecule has 64 valence electrons. The quantitative estimate of drug-likeness (QED) is 0.474. The van der Waals surface area contributed by atoms with Crippen molar-refractivity contribution in [1.82, 2.24) is 0 Å². The van der Waals surface area contributed by atoms with Gasteiger partial charge in [0.1, 0.15) is 6.29 Å². The molecule has 0 atom stereocenters. The molecule has 0 aliphatic heterocycles. The smallest absolute Gasteiger partial charge is 0.427 e. The summed E-state index contributed by atoms with van der Waals surface area (Å²) in [7, 11) is -1.17. The lowest BCUT2D eigenvalue weighted by Gasteiger charge is -1.81. The average Bonchev–Trinajstić information content (AvgIpc) is 2.05. The Bertz CT molecular complexity index is 208. The van der Waals surface area contributed by atoms with Crippen LogP contribution in [0.15, 0.2) is 30.3 Å². The van der Waals surface area contributed by atoms with Crippen molar-refractivity contribution in [2.24, 2.45) is 0 Å². The predicted molar refractivity (Wildman–Crippen MR) is 47.9 cm³/mol. The monoisotopic (exact) mass is 166 g/mol. The number of carbonyl (C=O) groups excluding carboxylic acids is 1. The maximum atomic E-state index is 10.0. The van der Waals surface area contributed by atoms with E-state index in [0.29, 0.717) is 0 Å². The van der Waals surface area contributed by atoms with Gasteiger partial charge in [0.05, 0.1) is 0 Å². The van der Waals surface area contributed by atoms with Crippen LogP contribution in [-0.4, -0.2) is 23.5 Å². The van der Waals surface area contributed by atoms with E-state index in [0.717, 1.165) is 11.8 Å². The Hall–Kier alpha value is -1.13. The van der Waals surface area contributed by atoms with E-state index in [1.807, 2.05) is 18.2 Å².